The third-order valence-corrected chi connectivity index (χ3v) is 17.8. The summed E-state index contributed by atoms with van der Waals surface area (Å²) in [5.41, 5.74) is 0. The van der Waals surface area contributed by atoms with Gasteiger partial charge in [0.25, 0.3) is 0 Å². The first-order valence-electron chi connectivity index (χ1n) is 38.8. The van der Waals surface area contributed by atoms with E-state index in [1.165, 1.54) is 51.4 Å². The number of ether oxygens (including phenoxy) is 4. The third-order valence-electron chi connectivity index (χ3n) is 15.9. The van der Waals surface area contributed by atoms with E-state index in [4.69, 9.17) is 37.0 Å². The number of aliphatic hydroxyl groups is 1. The van der Waals surface area contributed by atoms with E-state index in [1.54, 1.807) is 0 Å². The predicted molar refractivity (Wildman–Crippen MR) is 408 cm³/mol. The van der Waals surface area contributed by atoms with Gasteiger partial charge >= 0.3 is 39.5 Å². The Hall–Kier alpha value is -4.54. The fourth-order valence-corrected chi connectivity index (χ4v) is 11.6. The van der Waals surface area contributed by atoms with Crippen LogP contribution in [0.5, 0.6) is 0 Å². The molecule has 19 heteroatoms. The minimum Gasteiger partial charge on any atom is -0.462 e. The molecule has 5 atom stereocenters. The molecule has 0 radical (unpaired) electrons. The zero-order valence-electron chi connectivity index (χ0n) is 62.6. The zero-order chi connectivity index (χ0) is 73.2. The Morgan fingerprint density at radius 3 is 0.850 bits per heavy atom. The van der Waals surface area contributed by atoms with E-state index in [1.807, 2.05) is 12.2 Å². The van der Waals surface area contributed by atoms with Gasteiger partial charge in [-0.15, -0.1) is 0 Å². The van der Waals surface area contributed by atoms with Crippen molar-refractivity contribution in [1.82, 2.24) is 0 Å². The summed E-state index contributed by atoms with van der Waals surface area (Å²) in [6, 6.07) is 0. The van der Waals surface area contributed by atoms with Crippen molar-refractivity contribution >= 4 is 39.5 Å². The van der Waals surface area contributed by atoms with Crippen molar-refractivity contribution in [2.45, 2.75) is 329 Å². The Morgan fingerprint density at radius 2 is 0.530 bits per heavy atom. The quantitative estimate of drug-likeness (QED) is 0.0169. The molecule has 574 valence electrons. The molecule has 100 heavy (non-hydrogen) atoms. The Bertz CT molecular complexity index is 2370. The van der Waals surface area contributed by atoms with Gasteiger partial charge in [-0.2, -0.15) is 0 Å². The molecule has 17 nitrogen and oxygen atoms in total. The summed E-state index contributed by atoms with van der Waals surface area (Å²) in [4.78, 5) is 72.9. The van der Waals surface area contributed by atoms with Crippen LogP contribution in [-0.4, -0.2) is 96.7 Å². The lowest BCUT2D eigenvalue weighted by molar-refractivity contribution is -0.161. The maximum Gasteiger partial charge on any atom is 0.472 e. The molecular formula is C81H138O17P2. The van der Waals surface area contributed by atoms with Gasteiger partial charge in [-0.3, -0.25) is 37.3 Å². The summed E-state index contributed by atoms with van der Waals surface area (Å²) in [7, 11) is -9.97. The summed E-state index contributed by atoms with van der Waals surface area (Å²) in [5.74, 6) is -2.27. The SMILES string of the molecule is CC/C=C\C/C=C\C/C=C\C/C=C\C/C=C\CCCC(=O)OCC(COP(=O)(O)OCC(O)COP(=O)(O)OCC(COC(=O)CCCCCCC/C=C\CCCCCC)OC(=O)CCCCCCC/C=C\CCCCCC)OC(=O)CCCCCCCCC/C=C\C/C=C\C/C=C\CC. The standard InChI is InChI=1S/C81H138O17P2/c1-5-9-13-17-21-25-29-33-35-37-39-43-46-50-54-58-62-66-79(84)92-72-77(98-81(86)68-64-60-56-52-48-44-40-38-36-34-30-26-22-18-14-10-6-2)74-96-100(89,90)94-70-75(82)69-93-99(87,88)95-73-76(97-80(85)67-63-59-55-51-47-42-32-28-24-20-16-12-8-4)71-91-78(83)65-61-57-53-49-45-41-31-27-23-19-15-11-7-3/h9-10,13-14,21-22,25-28,31-36,39,43,50,54,75-77,82H,5-8,11-12,15-20,23-24,29-30,37-38,40-42,44-49,51-53,55-74H2,1-4H3,(H,87,88)(H,89,90)/b13-9-,14-10-,25-21-,26-22-,31-27-,32-28-,35-33-,36-34-,43-39-,54-50-. The van der Waals surface area contributed by atoms with Crippen molar-refractivity contribution in [3.63, 3.8) is 0 Å². The topological polar surface area (TPSA) is 237 Å². The molecule has 0 aromatic carbocycles. The summed E-state index contributed by atoms with van der Waals surface area (Å²) in [6.45, 7) is 4.53. The van der Waals surface area contributed by atoms with Gasteiger partial charge in [0.2, 0.25) is 0 Å². The summed E-state index contributed by atoms with van der Waals surface area (Å²) < 4.78 is 68.4. The van der Waals surface area contributed by atoms with Gasteiger partial charge in [0.1, 0.15) is 19.3 Å². The number of carbonyl (C=O) groups is 4. The minimum absolute atomic E-state index is 0.0688. The Balaban J connectivity index is 5.42. The number of rotatable bonds is 72. The van der Waals surface area contributed by atoms with Crippen molar-refractivity contribution in [1.29, 1.82) is 0 Å². The van der Waals surface area contributed by atoms with Crippen LogP contribution >= 0.6 is 15.6 Å². The molecule has 0 amide bonds. The fraction of sp³-hybridized carbons (Fsp3) is 0.704. The molecule has 0 bridgehead atoms. The first-order valence-corrected chi connectivity index (χ1v) is 41.8. The minimum atomic E-state index is -4.99. The molecule has 0 spiro atoms. The molecule has 0 saturated carbocycles. The van der Waals surface area contributed by atoms with E-state index in [9.17, 15) is 43.2 Å². The van der Waals surface area contributed by atoms with Crippen LogP contribution in [0.3, 0.4) is 0 Å². The van der Waals surface area contributed by atoms with Crippen LogP contribution in [0, 0.1) is 0 Å². The van der Waals surface area contributed by atoms with E-state index in [0.717, 1.165) is 173 Å². The molecule has 5 unspecified atom stereocenters. The van der Waals surface area contributed by atoms with E-state index in [0.29, 0.717) is 32.1 Å². The predicted octanol–water partition coefficient (Wildman–Crippen LogP) is 22.3. The van der Waals surface area contributed by atoms with Crippen LogP contribution in [0.4, 0.5) is 0 Å². The largest absolute Gasteiger partial charge is 0.472 e. The van der Waals surface area contributed by atoms with Crippen LogP contribution in [-0.2, 0) is 65.4 Å². The number of allylic oxidation sites excluding steroid dienone is 20. The Kier molecular flexibility index (Phi) is 69.5. The summed E-state index contributed by atoms with van der Waals surface area (Å²) in [6.07, 6.45) is 79.0. The first kappa shape index (κ1) is 95.5. The Morgan fingerprint density at radius 1 is 0.290 bits per heavy atom. The third kappa shape index (κ3) is 71.8. The second-order valence-corrected chi connectivity index (χ2v) is 28.4. The van der Waals surface area contributed by atoms with Crippen LogP contribution in [0.1, 0.15) is 310 Å². The Labute approximate surface area is 606 Å². The van der Waals surface area contributed by atoms with E-state index >= 15 is 0 Å². The molecule has 0 aliphatic carbocycles. The lowest BCUT2D eigenvalue weighted by Crippen LogP contribution is -2.30. The smallest absolute Gasteiger partial charge is 0.462 e. The number of aliphatic hydroxyl groups excluding tert-OH is 1. The van der Waals surface area contributed by atoms with Crippen molar-refractivity contribution in [3.8, 4) is 0 Å². The van der Waals surface area contributed by atoms with Gasteiger partial charge in [0.05, 0.1) is 26.4 Å². The van der Waals surface area contributed by atoms with E-state index in [-0.39, 0.29) is 25.7 Å². The normalized spacial score (nSPS) is 14.6. The molecule has 0 heterocycles. The first-order chi connectivity index (χ1) is 48.7. The van der Waals surface area contributed by atoms with Gasteiger partial charge in [0, 0.05) is 25.7 Å². The number of hydrogen-bond acceptors (Lipinski definition) is 15. The summed E-state index contributed by atoms with van der Waals surface area (Å²) in [5, 5.41) is 10.6. The zero-order valence-corrected chi connectivity index (χ0v) is 64.4. The molecule has 0 fully saturated rings. The van der Waals surface area contributed by atoms with Crippen molar-refractivity contribution in [2.75, 3.05) is 39.6 Å². The highest BCUT2D eigenvalue weighted by Gasteiger charge is 2.30. The number of hydrogen-bond donors (Lipinski definition) is 3. The molecule has 0 rings (SSSR count). The van der Waals surface area contributed by atoms with Crippen LogP contribution < -0.4 is 0 Å². The molecule has 3 N–H and O–H groups in total. The monoisotopic (exact) mass is 1440 g/mol. The fourth-order valence-electron chi connectivity index (χ4n) is 10.0. The van der Waals surface area contributed by atoms with E-state index in [2.05, 4.69) is 137 Å². The lowest BCUT2D eigenvalue weighted by Gasteiger charge is -2.21. The average Bonchev–Trinajstić information content (AvgIpc) is 1.15. The van der Waals surface area contributed by atoms with Crippen LogP contribution in [0.15, 0.2) is 122 Å². The number of carbonyl (C=O) groups excluding carboxylic acids is 4. The van der Waals surface area contributed by atoms with Gasteiger partial charge in [-0.05, 0) is 148 Å². The second kappa shape index (κ2) is 72.8. The number of unbranched alkanes of at least 4 members (excludes halogenated alkanes) is 26. The lowest BCUT2D eigenvalue weighted by atomic mass is 10.1. The number of esters is 4. The summed E-state index contributed by atoms with van der Waals surface area (Å²) >= 11 is 0. The van der Waals surface area contributed by atoms with Crippen LogP contribution in [0.2, 0.25) is 0 Å². The molecule has 0 saturated heterocycles. The molecule has 0 aromatic heterocycles. The molecule has 0 aliphatic heterocycles. The molecule has 0 aliphatic rings. The number of phosphoric acid groups is 2. The van der Waals surface area contributed by atoms with Gasteiger partial charge < -0.3 is 33.8 Å². The van der Waals surface area contributed by atoms with Gasteiger partial charge in [-0.25, -0.2) is 9.13 Å². The maximum atomic E-state index is 13.1. The van der Waals surface area contributed by atoms with E-state index < -0.39 is 97.5 Å². The highest BCUT2D eigenvalue weighted by molar-refractivity contribution is 7.47. The highest BCUT2D eigenvalue weighted by atomic mass is 31.2. The van der Waals surface area contributed by atoms with Crippen molar-refractivity contribution < 1.29 is 80.2 Å². The molecule has 0 aromatic rings. The highest BCUT2D eigenvalue weighted by Crippen LogP contribution is 2.45. The van der Waals surface area contributed by atoms with Gasteiger partial charge in [0.15, 0.2) is 12.2 Å². The molecular weight excluding hydrogens is 1310 g/mol. The van der Waals surface area contributed by atoms with Crippen molar-refractivity contribution in [2.24, 2.45) is 0 Å². The maximum absolute atomic E-state index is 13.1. The van der Waals surface area contributed by atoms with Gasteiger partial charge in [-0.1, -0.05) is 258 Å². The van der Waals surface area contributed by atoms with Crippen LogP contribution in [0.25, 0.3) is 0 Å². The second-order valence-electron chi connectivity index (χ2n) is 25.5. The average molecular weight is 1450 g/mol. The number of phosphoric ester groups is 2. The van der Waals surface area contributed by atoms with Crippen molar-refractivity contribution in [3.05, 3.63) is 122 Å².